The Kier molecular flexibility index (Phi) is 5.48. The third kappa shape index (κ3) is 4.24. The van der Waals surface area contributed by atoms with Crippen molar-refractivity contribution in [2.45, 2.75) is 25.8 Å². The average Bonchev–Trinajstić information content (AvgIpc) is 3.52. The van der Waals surface area contributed by atoms with Crippen LogP contribution in [0.15, 0.2) is 58.3 Å². The van der Waals surface area contributed by atoms with E-state index in [1.807, 2.05) is 55.1 Å². The van der Waals surface area contributed by atoms with Gasteiger partial charge >= 0.3 is 0 Å². The molecule has 1 atom stereocenters. The second kappa shape index (κ2) is 8.36. The van der Waals surface area contributed by atoms with Gasteiger partial charge in [-0.25, -0.2) is 9.67 Å². The van der Waals surface area contributed by atoms with Gasteiger partial charge in [0.15, 0.2) is 0 Å². The number of aromatic nitrogens is 5. The van der Waals surface area contributed by atoms with Crippen LogP contribution in [-0.2, 0) is 11.2 Å². The molecule has 9 heteroatoms. The van der Waals surface area contributed by atoms with Crippen molar-refractivity contribution in [3.8, 4) is 17.1 Å². The Labute approximate surface area is 171 Å². The van der Waals surface area contributed by atoms with E-state index in [9.17, 15) is 4.79 Å². The maximum absolute atomic E-state index is 12.6. The summed E-state index contributed by atoms with van der Waals surface area (Å²) < 4.78 is 6.96. The molecule has 0 spiro atoms. The molecule has 8 nitrogen and oxygen atoms in total. The highest BCUT2D eigenvalue weighted by Gasteiger charge is 2.19. The minimum absolute atomic E-state index is 0.0214. The van der Waals surface area contributed by atoms with Crippen molar-refractivity contribution >= 4 is 17.2 Å². The first kappa shape index (κ1) is 19.0. The molecule has 0 aliphatic heterocycles. The van der Waals surface area contributed by atoms with Crippen molar-refractivity contribution in [2.75, 3.05) is 7.05 Å². The Morgan fingerprint density at radius 3 is 2.79 bits per heavy atom. The van der Waals surface area contributed by atoms with Gasteiger partial charge in [-0.3, -0.25) is 4.79 Å². The summed E-state index contributed by atoms with van der Waals surface area (Å²) in [6, 6.07) is 9.80. The fraction of sp³-hybridized carbons (Fsp3) is 0.250. The molecule has 0 N–H and O–H groups in total. The summed E-state index contributed by atoms with van der Waals surface area (Å²) in [6.07, 6.45) is 3.87. The SMILES string of the molecule is C[C@H](c1ccc(-n2cncn2)cc1)N(C)C(=O)CCc1nc(-c2ccsc2)no1. The maximum Gasteiger partial charge on any atom is 0.227 e. The van der Waals surface area contributed by atoms with E-state index in [-0.39, 0.29) is 11.9 Å². The van der Waals surface area contributed by atoms with Crippen LogP contribution in [0.1, 0.15) is 30.8 Å². The van der Waals surface area contributed by atoms with Gasteiger partial charge in [0.05, 0.1) is 11.7 Å². The van der Waals surface area contributed by atoms with Crippen LogP contribution >= 0.6 is 11.3 Å². The first-order chi connectivity index (χ1) is 14.1. The van der Waals surface area contributed by atoms with E-state index in [0.717, 1.165) is 16.8 Å². The monoisotopic (exact) mass is 408 g/mol. The van der Waals surface area contributed by atoms with E-state index in [4.69, 9.17) is 4.52 Å². The molecular weight excluding hydrogens is 388 g/mol. The van der Waals surface area contributed by atoms with Crippen molar-refractivity contribution in [2.24, 2.45) is 0 Å². The lowest BCUT2D eigenvalue weighted by Crippen LogP contribution is -2.29. The zero-order chi connectivity index (χ0) is 20.2. The number of carbonyl (C=O) groups is 1. The molecular formula is C20H20N6O2S. The quantitative estimate of drug-likeness (QED) is 0.465. The highest BCUT2D eigenvalue weighted by atomic mass is 32.1. The standard InChI is InChI=1S/C20H20N6O2S/c1-14(15-3-5-17(6-4-15)26-13-21-12-22-26)25(2)19(27)8-7-18-23-20(24-28-18)16-9-10-29-11-16/h3-6,9-14H,7-8H2,1-2H3/t14-/m1/s1. The Hall–Kier alpha value is -3.33. The van der Waals surface area contributed by atoms with Crippen LogP contribution in [-0.4, -0.2) is 42.8 Å². The van der Waals surface area contributed by atoms with Gasteiger partial charge in [-0.15, -0.1) is 0 Å². The summed E-state index contributed by atoms with van der Waals surface area (Å²) in [5.74, 6) is 1.05. The minimum Gasteiger partial charge on any atom is -0.339 e. The summed E-state index contributed by atoms with van der Waals surface area (Å²) in [4.78, 5) is 22.7. The molecule has 0 aliphatic carbocycles. The van der Waals surface area contributed by atoms with E-state index in [2.05, 4.69) is 20.2 Å². The van der Waals surface area contributed by atoms with Crippen LogP contribution in [0.3, 0.4) is 0 Å². The zero-order valence-electron chi connectivity index (χ0n) is 16.1. The summed E-state index contributed by atoms with van der Waals surface area (Å²) in [7, 11) is 1.81. The van der Waals surface area contributed by atoms with Crippen molar-refractivity contribution in [1.82, 2.24) is 29.8 Å². The molecule has 148 valence electrons. The largest absolute Gasteiger partial charge is 0.339 e. The molecule has 3 aromatic heterocycles. The van der Waals surface area contributed by atoms with Gasteiger partial charge in [0.1, 0.15) is 12.7 Å². The van der Waals surface area contributed by atoms with E-state index >= 15 is 0 Å². The smallest absolute Gasteiger partial charge is 0.227 e. The highest BCUT2D eigenvalue weighted by molar-refractivity contribution is 7.08. The van der Waals surface area contributed by atoms with Crippen LogP contribution in [0.2, 0.25) is 0 Å². The van der Waals surface area contributed by atoms with Gasteiger partial charge in [0.2, 0.25) is 17.6 Å². The number of carbonyl (C=O) groups excluding carboxylic acids is 1. The molecule has 1 amide bonds. The fourth-order valence-corrected chi connectivity index (χ4v) is 3.58. The van der Waals surface area contributed by atoms with Gasteiger partial charge in [-0.1, -0.05) is 17.3 Å². The molecule has 4 rings (SSSR count). The van der Waals surface area contributed by atoms with Crippen LogP contribution in [0, 0.1) is 0 Å². The third-order valence-corrected chi connectivity index (χ3v) is 5.52. The second-order valence-corrected chi connectivity index (χ2v) is 7.42. The minimum atomic E-state index is -0.0589. The lowest BCUT2D eigenvalue weighted by atomic mass is 10.1. The number of rotatable bonds is 7. The average molecular weight is 408 g/mol. The Morgan fingerprint density at radius 1 is 1.28 bits per heavy atom. The molecule has 0 unspecified atom stereocenters. The van der Waals surface area contributed by atoms with Crippen molar-refractivity contribution in [3.63, 3.8) is 0 Å². The molecule has 0 saturated heterocycles. The summed E-state index contributed by atoms with van der Waals surface area (Å²) >= 11 is 1.58. The first-order valence-corrected chi connectivity index (χ1v) is 10.1. The van der Waals surface area contributed by atoms with E-state index < -0.39 is 0 Å². The number of aryl methyl sites for hydroxylation is 1. The predicted octanol–water partition coefficient (Wildman–Crippen LogP) is 3.53. The van der Waals surface area contributed by atoms with Gasteiger partial charge in [0, 0.05) is 30.8 Å². The fourth-order valence-electron chi connectivity index (χ4n) is 2.94. The van der Waals surface area contributed by atoms with Crippen LogP contribution in [0.5, 0.6) is 0 Å². The molecule has 29 heavy (non-hydrogen) atoms. The van der Waals surface area contributed by atoms with Gasteiger partial charge < -0.3 is 9.42 Å². The van der Waals surface area contributed by atoms with Crippen molar-refractivity contribution < 1.29 is 9.32 Å². The molecule has 0 radical (unpaired) electrons. The Bertz CT molecular complexity index is 1060. The van der Waals surface area contributed by atoms with Gasteiger partial charge in [-0.05, 0) is 36.1 Å². The van der Waals surface area contributed by atoms with Crippen LogP contribution < -0.4 is 0 Å². The zero-order valence-corrected chi connectivity index (χ0v) is 16.9. The van der Waals surface area contributed by atoms with Crippen molar-refractivity contribution in [1.29, 1.82) is 0 Å². The predicted molar refractivity (Wildman–Crippen MR) is 108 cm³/mol. The van der Waals surface area contributed by atoms with Gasteiger partial charge in [0.25, 0.3) is 0 Å². The van der Waals surface area contributed by atoms with E-state index in [1.54, 1.807) is 27.2 Å². The second-order valence-electron chi connectivity index (χ2n) is 6.64. The summed E-state index contributed by atoms with van der Waals surface area (Å²) in [6.45, 7) is 2.00. The van der Waals surface area contributed by atoms with Crippen molar-refractivity contribution in [3.05, 3.63) is 65.2 Å². The molecule has 3 heterocycles. The molecule has 1 aromatic carbocycles. The topological polar surface area (TPSA) is 89.9 Å². The lowest BCUT2D eigenvalue weighted by molar-refractivity contribution is -0.131. The molecule has 0 bridgehead atoms. The maximum atomic E-state index is 12.6. The van der Waals surface area contributed by atoms with E-state index in [1.165, 1.54) is 6.33 Å². The first-order valence-electron chi connectivity index (χ1n) is 9.17. The molecule has 0 aliphatic rings. The third-order valence-electron chi connectivity index (χ3n) is 4.83. The number of benzene rings is 1. The lowest BCUT2D eigenvalue weighted by Gasteiger charge is -2.25. The molecule has 0 saturated carbocycles. The Balaban J connectivity index is 1.35. The Morgan fingerprint density at radius 2 is 2.10 bits per heavy atom. The van der Waals surface area contributed by atoms with Crippen LogP contribution in [0.4, 0.5) is 0 Å². The van der Waals surface area contributed by atoms with E-state index in [0.29, 0.717) is 24.6 Å². The number of nitrogens with zero attached hydrogens (tertiary/aromatic N) is 6. The number of hydrogen-bond donors (Lipinski definition) is 0. The number of hydrogen-bond acceptors (Lipinski definition) is 7. The molecule has 4 aromatic rings. The van der Waals surface area contributed by atoms with Gasteiger partial charge in [-0.2, -0.15) is 21.4 Å². The van der Waals surface area contributed by atoms with Crippen LogP contribution in [0.25, 0.3) is 17.1 Å². The molecule has 0 fully saturated rings. The normalized spacial score (nSPS) is 12.1. The number of amides is 1. The summed E-state index contributed by atoms with van der Waals surface area (Å²) in [5.41, 5.74) is 2.89. The number of thiophene rings is 1. The summed E-state index contributed by atoms with van der Waals surface area (Å²) in [5, 5.41) is 12.0. The highest BCUT2D eigenvalue weighted by Crippen LogP contribution is 2.22.